The zero-order valence-electron chi connectivity index (χ0n) is 13.7. The molecule has 2 amide bonds. The molecule has 1 heterocycles. The highest BCUT2D eigenvalue weighted by molar-refractivity contribution is 5.93. The first kappa shape index (κ1) is 16.1. The van der Waals surface area contributed by atoms with Crippen LogP contribution in [0.2, 0.25) is 0 Å². The van der Waals surface area contributed by atoms with Crippen molar-refractivity contribution in [1.29, 1.82) is 0 Å². The SMILES string of the molecule is O=C(Nc1ccccc1N1CCOCC1)NC1CCCCCC1. The molecule has 2 aliphatic rings. The number of carbonyl (C=O) groups is 1. The van der Waals surface area contributed by atoms with E-state index in [0.717, 1.165) is 50.5 Å². The number of carbonyl (C=O) groups excluding carboxylic acids is 1. The molecule has 0 aromatic heterocycles. The molecule has 23 heavy (non-hydrogen) atoms. The number of nitrogens with one attached hydrogen (secondary N) is 2. The number of urea groups is 1. The van der Waals surface area contributed by atoms with Crippen LogP contribution in [0.3, 0.4) is 0 Å². The lowest BCUT2D eigenvalue weighted by Crippen LogP contribution is -2.39. The highest BCUT2D eigenvalue weighted by Gasteiger charge is 2.18. The number of benzene rings is 1. The monoisotopic (exact) mass is 317 g/mol. The second kappa shape index (κ2) is 8.20. The van der Waals surface area contributed by atoms with E-state index in [0.29, 0.717) is 6.04 Å². The van der Waals surface area contributed by atoms with Crippen molar-refractivity contribution in [1.82, 2.24) is 5.32 Å². The van der Waals surface area contributed by atoms with Gasteiger partial charge in [-0.2, -0.15) is 0 Å². The van der Waals surface area contributed by atoms with Gasteiger partial charge in [0, 0.05) is 19.1 Å². The van der Waals surface area contributed by atoms with Gasteiger partial charge in [0.25, 0.3) is 0 Å². The van der Waals surface area contributed by atoms with Crippen molar-refractivity contribution >= 4 is 17.4 Å². The van der Waals surface area contributed by atoms with Crippen molar-refractivity contribution in [3.63, 3.8) is 0 Å². The molecule has 0 bridgehead atoms. The van der Waals surface area contributed by atoms with Crippen LogP contribution in [-0.4, -0.2) is 38.4 Å². The van der Waals surface area contributed by atoms with Crippen LogP contribution in [0.5, 0.6) is 0 Å². The fraction of sp³-hybridized carbons (Fsp3) is 0.611. The number of para-hydroxylation sites is 2. The van der Waals surface area contributed by atoms with Gasteiger partial charge in [0.2, 0.25) is 0 Å². The lowest BCUT2D eigenvalue weighted by atomic mass is 10.1. The number of hydrogen-bond donors (Lipinski definition) is 2. The van der Waals surface area contributed by atoms with Crippen LogP contribution in [0.25, 0.3) is 0 Å². The normalized spacial score (nSPS) is 19.9. The van der Waals surface area contributed by atoms with Gasteiger partial charge in [0.1, 0.15) is 0 Å². The Hall–Kier alpha value is -1.75. The molecular formula is C18H27N3O2. The van der Waals surface area contributed by atoms with Crippen LogP contribution < -0.4 is 15.5 Å². The summed E-state index contributed by atoms with van der Waals surface area (Å²) in [6.45, 7) is 3.21. The second-order valence-electron chi connectivity index (χ2n) is 6.40. The van der Waals surface area contributed by atoms with Crippen molar-refractivity contribution in [3.05, 3.63) is 24.3 Å². The van der Waals surface area contributed by atoms with Crippen LogP contribution in [0.1, 0.15) is 38.5 Å². The summed E-state index contributed by atoms with van der Waals surface area (Å²) in [5.41, 5.74) is 1.95. The fourth-order valence-electron chi connectivity index (χ4n) is 3.43. The minimum absolute atomic E-state index is 0.0855. The molecule has 1 aromatic carbocycles. The molecule has 3 rings (SSSR count). The first-order valence-electron chi connectivity index (χ1n) is 8.82. The Morgan fingerprint density at radius 1 is 1.04 bits per heavy atom. The summed E-state index contributed by atoms with van der Waals surface area (Å²) in [6.07, 6.45) is 7.21. The summed E-state index contributed by atoms with van der Waals surface area (Å²) in [7, 11) is 0. The number of morpholine rings is 1. The van der Waals surface area contributed by atoms with Crippen LogP contribution in [0.4, 0.5) is 16.2 Å². The molecule has 2 fully saturated rings. The van der Waals surface area contributed by atoms with Gasteiger partial charge in [-0.15, -0.1) is 0 Å². The van der Waals surface area contributed by atoms with E-state index in [2.05, 4.69) is 21.6 Å². The topological polar surface area (TPSA) is 53.6 Å². The Kier molecular flexibility index (Phi) is 5.75. The molecule has 1 saturated heterocycles. The van der Waals surface area contributed by atoms with Crippen LogP contribution in [0.15, 0.2) is 24.3 Å². The van der Waals surface area contributed by atoms with Crippen molar-refractivity contribution in [2.45, 2.75) is 44.6 Å². The van der Waals surface area contributed by atoms with E-state index in [4.69, 9.17) is 4.74 Å². The van der Waals surface area contributed by atoms with Crippen LogP contribution in [0, 0.1) is 0 Å². The number of anilines is 2. The summed E-state index contributed by atoms with van der Waals surface area (Å²) in [4.78, 5) is 14.6. The summed E-state index contributed by atoms with van der Waals surface area (Å²) in [5, 5.41) is 6.19. The zero-order chi connectivity index (χ0) is 15.9. The lowest BCUT2D eigenvalue weighted by molar-refractivity contribution is 0.123. The minimum atomic E-state index is -0.0855. The first-order chi connectivity index (χ1) is 11.3. The number of nitrogens with zero attached hydrogens (tertiary/aromatic N) is 1. The Labute approximate surface area is 138 Å². The highest BCUT2D eigenvalue weighted by atomic mass is 16.5. The molecule has 0 unspecified atom stereocenters. The van der Waals surface area contributed by atoms with E-state index < -0.39 is 0 Å². The van der Waals surface area contributed by atoms with E-state index in [1.165, 1.54) is 25.7 Å². The predicted molar refractivity (Wildman–Crippen MR) is 93.1 cm³/mol. The smallest absolute Gasteiger partial charge is 0.319 e. The van der Waals surface area contributed by atoms with E-state index in [-0.39, 0.29) is 6.03 Å². The molecule has 2 N–H and O–H groups in total. The second-order valence-corrected chi connectivity index (χ2v) is 6.40. The maximum absolute atomic E-state index is 12.4. The summed E-state index contributed by atoms with van der Waals surface area (Å²) in [5.74, 6) is 0. The van der Waals surface area contributed by atoms with E-state index in [9.17, 15) is 4.79 Å². The largest absolute Gasteiger partial charge is 0.378 e. The highest BCUT2D eigenvalue weighted by Crippen LogP contribution is 2.26. The minimum Gasteiger partial charge on any atom is -0.378 e. The molecular weight excluding hydrogens is 290 g/mol. The van der Waals surface area contributed by atoms with E-state index >= 15 is 0 Å². The molecule has 0 spiro atoms. The molecule has 0 radical (unpaired) electrons. The molecule has 0 atom stereocenters. The number of rotatable bonds is 3. The van der Waals surface area contributed by atoms with Crippen molar-refractivity contribution in [2.75, 3.05) is 36.5 Å². The molecule has 5 heteroatoms. The maximum Gasteiger partial charge on any atom is 0.319 e. The number of hydrogen-bond acceptors (Lipinski definition) is 3. The van der Waals surface area contributed by atoms with Gasteiger partial charge in [-0.1, -0.05) is 37.8 Å². The van der Waals surface area contributed by atoms with E-state index in [1.807, 2.05) is 18.2 Å². The third kappa shape index (κ3) is 4.61. The lowest BCUT2D eigenvalue weighted by Gasteiger charge is -2.30. The average molecular weight is 317 g/mol. The quantitative estimate of drug-likeness (QED) is 0.841. The number of amides is 2. The average Bonchev–Trinajstić information content (AvgIpc) is 2.85. The Morgan fingerprint density at radius 2 is 1.74 bits per heavy atom. The van der Waals surface area contributed by atoms with Crippen molar-refractivity contribution in [2.24, 2.45) is 0 Å². The Bertz CT molecular complexity index is 507. The molecule has 1 aromatic rings. The van der Waals surface area contributed by atoms with Gasteiger partial charge in [0.15, 0.2) is 0 Å². The fourth-order valence-corrected chi connectivity index (χ4v) is 3.43. The van der Waals surface area contributed by atoms with Gasteiger partial charge in [-0.05, 0) is 25.0 Å². The zero-order valence-corrected chi connectivity index (χ0v) is 13.7. The van der Waals surface area contributed by atoms with Gasteiger partial charge >= 0.3 is 6.03 Å². The van der Waals surface area contributed by atoms with Gasteiger partial charge in [-0.3, -0.25) is 0 Å². The molecule has 1 saturated carbocycles. The standard InChI is InChI=1S/C18H27N3O2/c22-18(19-15-7-3-1-2-4-8-15)20-16-9-5-6-10-17(16)21-11-13-23-14-12-21/h5-6,9-10,15H,1-4,7-8,11-14H2,(H2,19,20,22). The Morgan fingerprint density at radius 3 is 2.48 bits per heavy atom. The Balaban J connectivity index is 1.61. The molecule has 1 aliphatic heterocycles. The molecule has 1 aliphatic carbocycles. The molecule has 126 valence electrons. The third-order valence-corrected chi connectivity index (χ3v) is 4.69. The molecule has 5 nitrogen and oxygen atoms in total. The van der Waals surface area contributed by atoms with Crippen LogP contribution in [-0.2, 0) is 4.74 Å². The van der Waals surface area contributed by atoms with Gasteiger partial charge in [-0.25, -0.2) is 4.79 Å². The van der Waals surface area contributed by atoms with E-state index in [1.54, 1.807) is 0 Å². The van der Waals surface area contributed by atoms with Crippen LogP contribution >= 0.6 is 0 Å². The predicted octanol–water partition coefficient (Wildman–Crippen LogP) is 3.37. The van der Waals surface area contributed by atoms with Gasteiger partial charge < -0.3 is 20.3 Å². The van der Waals surface area contributed by atoms with Crippen molar-refractivity contribution in [3.8, 4) is 0 Å². The van der Waals surface area contributed by atoms with Crippen molar-refractivity contribution < 1.29 is 9.53 Å². The third-order valence-electron chi connectivity index (χ3n) is 4.69. The summed E-state index contributed by atoms with van der Waals surface area (Å²) >= 11 is 0. The summed E-state index contributed by atoms with van der Waals surface area (Å²) in [6, 6.07) is 8.24. The van der Waals surface area contributed by atoms with Gasteiger partial charge in [0.05, 0.1) is 24.6 Å². The first-order valence-corrected chi connectivity index (χ1v) is 8.82. The number of ether oxygens (including phenoxy) is 1. The maximum atomic E-state index is 12.4. The summed E-state index contributed by atoms with van der Waals surface area (Å²) < 4.78 is 5.41.